The summed E-state index contributed by atoms with van der Waals surface area (Å²) >= 11 is 0.872. The van der Waals surface area contributed by atoms with Crippen LogP contribution in [0.5, 0.6) is 0 Å². The number of carbonyl (C=O) groups excluding carboxylic acids is 1. The van der Waals surface area contributed by atoms with Gasteiger partial charge in [-0.15, -0.1) is 0 Å². The highest BCUT2D eigenvalue weighted by atomic mass is 32.2. The number of nitrogens with two attached hydrogens (primary N) is 1. The zero-order chi connectivity index (χ0) is 15.2. The van der Waals surface area contributed by atoms with Crippen LogP contribution in [-0.4, -0.2) is 19.3 Å². The molecule has 0 spiro atoms. The summed E-state index contributed by atoms with van der Waals surface area (Å²) in [6.45, 7) is 1.55. The van der Waals surface area contributed by atoms with Crippen LogP contribution in [0.15, 0.2) is 28.5 Å². The van der Waals surface area contributed by atoms with Gasteiger partial charge in [0.25, 0.3) is 0 Å². The summed E-state index contributed by atoms with van der Waals surface area (Å²) in [6.07, 6.45) is 0.689. The maximum atomic E-state index is 12.2. The van der Waals surface area contributed by atoms with Gasteiger partial charge in [0.1, 0.15) is 0 Å². The number of anilines is 1. The van der Waals surface area contributed by atoms with Gasteiger partial charge in [-0.05, 0) is 24.5 Å². The van der Waals surface area contributed by atoms with Crippen molar-refractivity contribution in [2.24, 2.45) is 5.14 Å². The van der Waals surface area contributed by atoms with Crippen LogP contribution in [0.25, 0.3) is 0 Å². The normalized spacial score (nSPS) is 17.0. The molecule has 1 atom stereocenters. The molecular formula is C13H13N3O3S2. The first-order valence-corrected chi connectivity index (χ1v) is 8.61. The SMILES string of the molecule is Cc1nc(NC(=O)C2Cc3ccccc32)sc1S(N)(=O)=O. The molecule has 0 bridgehead atoms. The highest BCUT2D eigenvalue weighted by molar-refractivity contribution is 7.91. The highest BCUT2D eigenvalue weighted by Crippen LogP contribution is 2.36. The summed E-state index contributed by atoms with van der Waals surface area (Å²) in [4.78, 5) is 16.2. The minimum Gasteiger partial charge on any atom is -0.301 e. The summed E-state index contributed by atoms with van der Waals surface area (Å²) in [5.41, 5.74) is 2.47. The molecule has 0 aliphatic heterocycles. The topological polar surface area (TPSA) is 102 Å². The van der Waals surface area contributed by atoms with E-state index >= 15 is 0 Å². The first-order chi connectivity index (χ1) is 9.86. The van der Waals surface area contributed by atoms with Crippen LogP contribution in [0, 0.1) is 6.92 Å². The highest BCUT2D eigenvalue weighted by Gasteiger charge is 2.32. The predicted molar refractivity (Wildman–Crippen MR) is 79.7 cm³/mol. The molecule has 110 valence electrons. The number of carbonyl (C=O) groups is 1. The Balaban J connectivity index is 1.78. The molecule has 1 aromatic carbocycles. The molecule has 0 saturated heterocycles. The van der Waals surface area contributed by atoms with E-state index in [-0.39, 0.29) is 21.2 Å². The Hall–Kier alpha value is -1.77. The van der Waals surface area contributed by atoms with Crippen LogP contribution in [0.1, 0.15) is 22.7 Å². The molecule has 1 aliphatic carbocycles. The number of hydrogen-bond acceptors (Lipinski definition) is 5. The number of hydrogen-bond donors (Lipinski definition) is 2. The Morgan fingerprint density at radius 1 is 1.43 bits per heavy atom. The minimum atomic E-state index is -3.80. The molecule has 1 heterocycles. The number of amides is 1. The summed E-state index contributed by atoms with van der Waals surface area (Å²) in [7, 11) is -3.80. The Morgan fingerprint density at radius 3 is 2.76 bits per heavy atom. The summed E-state index contributed by atoms with van der Waals surface area (Å²) in [5, 5.41) is 8.01. The van der Waals surface area contributed by atoms with Gasteiger partial charge < -0.3 is 5.32 Å². The van der Waals surface area contributed by atoms with Crippen molar-refractivity contribution in [3.8, 4) is 0 Å². The van der Waals surface area contributed by atoms with Crippen LogP contribution in [-0.2, 0) is 21.2 Å². The van der Waals surface area contributed by atoms with Gasteiger partial charge >= 0.3 is 0 Å². The van der Waals surface area contributed by atoms with E-state index in [2.05, 4.69) is 10.3 Å². The van der Waals surface area contributed by atoms with E-state index in [9.17, 15) is 13.2 Å². The number of rotatable bonds is 3. The summed E-state index contributed by atoms with van der Waals surface area (Å²) < 4.78 is 22.7. The molecule has 21 heavy (non-hydrogen) atoms. The predicted octanol–water partition coefficient (Wildman–Crippen LogP) is 1.38. The molecule has 2 aromatic rings. The van der Waals surface area contributed by atoms with E-state index in [1.807, 2.05) is 24.3 Å². The molecule has 1 aromatic heterocycles. The van der Waals surface area contributed by atoms with Gasteiger partial charge in [0.15, 0.2) is 9.34 Å². The van der Waals surface area contributed by atoms with Crippen molar-refractivity contribution in [2.75, 3.05) is 5.32 Å². The first-order valence-electron chi connectivity index (χ1n) is 6.25. The number of nitrogens with zero attached hydrogens (tertiary/aromatic N) is 1. The molecule has 1 amide bonds. The van der Waals surface area contributed by atoms with Crippen molar-refractivity contribution < 1.29 is 13.2 Å². The van der Waals surface area contributed by atoms with Crippen molar-refractivity contribution in [3.63, 3.8) is 0 Å². The first kappa shape index (κ1) is 14.2. The van der Waals surface area contributed by atoms with E-state index in [0.29, 0.717) is 12.1 Å². The lowest BCUT2D eigenvalue weighted by atomic mass is 9.77. The van der Waals surface area contributed by atoms with Crippen LogP contribution in [0.3, 0.4) is 0 Å². The van der Waals surface area contributed by atoms with Gasteiger partial charge in [-0.3, -0.25) is 4.79 Å². The molecule has 0 fully saturated rings. The smallest absolute Gasteiger partial charge is 0.249 e. The van der Waals surface area contributed by atoms with Crippen LogP contribution in [0.4, 0.5) is 5.13 Å². The lowest BCUT2D eigenvalue weighted by molar-refractivity contribution is -0.118. The summed E-state index contributed by atoms with van der Waals surface area (Å²) in [5.74, 6) is -0.383. The van der Waals surface area contributed by atoms with E-state index in [0.717, 1.165) is 22.5 Å². The van der Waals surface area contributed by atoms with Crippen molar-refractivity contribution in [1.29, 1.82) is 0 Å². The molecule has 6 nitrogen and oxygen atoms in total. The molecule has 3 rings (SSSR count). The Kier molecular flexibility index (Phi) is 3.31. The van der Waals surface area contributed by atoms with E-state index < -0.39 is 10.0 Å². The third kappa shape index (κ3) is 2.57. The van der Waals surface area contributed by atoms with Crippen LogP contribution >= 0.6 is 11.3 Å². The molecular weight excluding hydrogens is 310 g/mol. The fourth-order valence-electron chi connectivity index (χ4n) is 2.39. The third-order valence-corrected chi connectivity index (χ3v) is 6.04. The quantitative estimate of drug-likeness (QED) is 0.890. The molecule has 8 heteroatoms. The second kappa shape index (κ2) is 4.90. The second-order valence-corrected chi connectivity index (χ2v) is 7.64. The van der Waals surface area contributed by atoms with Gasteiger partial charge in [-0.2, -0.15) is 0 Å². The zero-order valence-corrected chi connectivity index (χ0v) is 12.8. The van der Waals surface area contributed by atoms with E-state index in [1.54, 1.807) is 6.92 Å². The van der Waals surface area contributed by atoms with Crippen molar-refractivity contribution in [3.05, 3.63) is 41.1 Å². The number of thiazole rings is 1. The monoisotopic (exact) mass is 323 g/mol. The lowest BCUT2D eigenvalue weighted by Crippen LogP contribution is -2.30. The van der Waals surface area contributed by atoms with Gasteiger partial charge in [0.05, 0.1) is 11.6 Å². The number of aryl methyl sites for hydroxylation is 1. The maximum Gasteiger partial charge on any atom is 0.249 e. The van der Waals surface area contributed by atoms with Crippen molar-refractivity contribution >= 4 is 32.4 Å². The molecule has 0 radical (unpaired) electrons. The number of fused-ring (bicyclic) bond motifs is 1. The number of nitrogens with one attached hydrogen (secondary N) is 1. The number of aromatic nitrogens is 1. The fourth-order valence-corrected chi connectivity index (χ4v) is 4.25. The number of sulfonamides is 1. The Morgan fingerprint density at radius 2 is 2.14 bits per heavy atom. The van der Waals surface area contributed by atoms with Crippen molar-refractivity contribution in [2.45, 2.75) is 23.5 Å². The number of benzene rings is 1. The van der Waals surface area contributed by atoms with E-state index in [4.69, 9.17) is 5.14 Å². The average molecular weight is 323 g/mol. The van der Waals surface area contributed by atoms with Gasteiger partial charge in [0.2, 0.25) is 15.9 Å². The van der Waals surface area contributed by atoms with Gasteiger partial charge in [0, 0.05) is 0 Å². The molecule has 1 unspecified atom stereocenters. The Bertz CT molecular complexity index is 827. The lowest BCUT2D eigenvalue weighted by Gasteiger charge is -2.28. The fraction of sp³-hybridized carbons (Fsp3) is 0.231. The summed E-state index contributed by atoms with van der Waals surface area (Å²) in [6, 6.07) is 7.75. The molecule has 0 saturated carbocycles. The standard InChI is InChI=1S/C13H13N3O3S2/c1-7-12(21(14,18)19)20-13(15-7)16-11(17)10-6-8-4-2-3-5-9(8)10/h2-5,10H,6H2,1H3,(H2,14,18,19)(H,15,16,17). The van der Waals surface area contributed by atoms with Crippen LogP contribution in [0.2, 0.25) is 0 Å². The van der Waals surface area contributed by atoms with Crippen LogP contribution < -0.4 is 10.5 Å². The van der Waals surface area contributed by atoms with E-state index in [1.165, 1.54) is 0 Å². The Labute approximate surface area is 126 Å². The molecule has 3 N–H and O–H groups in total. The van der Waals surface area contributed by atoms with Crippen molar-refractivity contribution in [1.82, 2.24) is 4.98 Å². The van der Waals surface area contributed by atoms with Gasteiger partial charge in [-0.25, -0.2) is 18.5 Å². The average Bonchev–Trinajstić information content (AvgIpc) is 2.71. The molecule has 1 aliphatic rings. The third-order valence-electron chi connectivity index (χ3n) is 3.41. The largest absolute Gasteiger partial charge is 0.301 e. The maximum absolute atomic E-state index is 12.2. The number of primary sulfonamides is 1. The van der Waals surface area contributed by atoms with Gasteiger partial charge in [-0.1, -0.05) is 35.6 Å². The second-order valence-electron chi connectivity index (χ2n) is 4.88. The zero-order valence-electron chi connectivity index (χ0n) is 11.2. The minimum absolute atomic E-state index is 0.0215.